The molecule has 1 aliphatic rings. The Bertz CT molecular complexity index is 1470. The molecule has 7 heteroatoms. The number of ketones is 1. The zero-order valence-electron chi connectivity index (χ0n) is 18.9. The van der Waals surface area contributed by atoms with Crippen LogP contribution in [-0.2, 0) is 9.59 Å². The van der Waals surface area contributed by atoms with Gasteiger partial charge in [0, 0.05) is 5.56 Å². The molecular formula is C27H22N2O4S. The minimum absolute atomic E-state index is 0.0382. The molecule has 1 unspecified atom stereocenters. The Morgan fingerprint density at radius 1 is 1.03 bits per heavy atom. The third-order valence-corrected chi connectivity index (χ3v) is 6.98. The lowest BCUT2D eigenvalue weighted by molar-refractivity contribution is -0.132. The fraction of sp³-hybridized carbons (Fsp3) is 0.148. The number of ether oxygens (including phenoxy) is 1. The maximum atomic E-state index is 13.3. The minimum atomic E-state index is -0.801. The predicted molar refractivity (Wildman–Crippen MR) is 133 cm³/mol. The molecule has 5 rings (SSSR count). The monoisotopic (exact) mass is 470 g/mol. The van der Waals surface area contributed by atoms with Crippen LogP contribution >= 0.6 is 11.3 Å². The molecule has 1 atom stereocenters. The number of rotatable bonds is 4. The molecule has 0 bridgehead atoms. The van der Waals surface area contributed by atoms with E-state index in [-0.39, 0.29) is 11.3 Å². The van der Waals surface area contributed by atoms with Crippen molar-refractivity contribution in [2.24, 2.45) is 0 Å². The number of thiazole rings is 1. The Morgan fingerprint density at radius 3 is 2.50 bits per heavy atom. The zero-order valence-corrected chi connectivity index (χ0v) is 19.7. The summed E-state index contributed by atoms with van der Waals surface area (Å²) in [7, 11) is 1.57. The van der Waals surface area contributed by atoms with Crippen LogP contribution in [0.2, 0.25) is 0 Å². The Kier molecular flexibility index (Phi) is 5.42. The van der Waals surface area contributed by atoms with Gasteiger partial charge >= 0.3 is 5.91 Å². The van der Waals surface area contributed by atoms with Crippen LogP contribution in [0.1, 0.15) is 28.3 Å². The molecule has 0 aliphatic carbocycles. The van der Waals surface area contributed by atoms with Gasteiger partial charge in [0.2, 0.25) is 0 Å². The highest BCUT2D eigenvalue weighted by molar-refractivity contribution is 7.22. The van der Waals surface area contributed by atoms with E-state index in [0.29, 0.717) is 22.0 Å². The van der Waals surface area contributed by atoms with Gasteiger partial charge in [-0.15, -0.1) is 0 Å². The van der Waals surface area contributed by atoms with Gasteiger partial charge < -0.3 is 9.84 Å². The predicted octanol–water partition coefficient (Wildman–Crippen LogP) is 5.55. The van der Waals surface area contributed by atoms with E-state index in [1.807, 2.05) is 62.4 Å². The van der Waals surface area contributed by atoms with Crippen molar-refractivity contribution in [2.45, 2.75) is 19.9 Å². The molecule has 1 aromatic heterocycles. The number of aliphatic hydroxyl groups is 1. The number of hydrogen-bond donors (Lipinski definition) is 1. The van der Waals surface area contributed by atoms with E-state index >= 15 is 0 Å². The van der Waals surface area contributed by atoms with Crippen molar-refractivity contribution < 1.29 is 19.4 Å². The number of aryl methyl sites for hydroxylation is 2. The lowest BCUT2D eigenvalue weighted by Gasteiger charge is -2.23. The van der Waals surface area contributed by atoms with Crippen molar-refractivity contribution >= 4 is 44.1 Å². The molecule has 4 aromatic rings. The molecule has 0 saturated carbocycles. The average Bonchev–Trinajstić information content (AvgIpc) is 3.37. The van der Waals surface area contributed by atoms with Crippen LogP contribution in [0.3, 0.4) is 0 Å². The number of aliphatic hydroxyl groups excluding tert-OH is 1. The van der Waals surface area contributed by atoms with Crippen LogP contribution in [0.4, 0.5) is 5.13 Å². The first kappa shape index (κ1) is 21.9. The van der Waals surface area contributed by atoms with Gasteiger partial charge in [0.05, 0.1) is 28.9 Å². The van der Waals surface area contributed by atoms with Gasteiger partial charge in [0.15, 0.2) is 5.13 Å². The summed E-state index contributed by atoms with van der Waals surface area (Å²) < 4.78 is 6.24. The quantitative estimate of drug-likeness (QED) is 0.240. The molecule has 170 valence electrons. The molecule has 6 nitrogen and oxygen atoms in total. The second-order valence-electron chi connectivity index (χ2n) is 8.23. The second kappa shape index (κ2) is 8.43. The Labute approximate surface area is 200 Å². The van der Waals surface area contributed by atoms with Gasteiger partial charge in [-0.05, 0) is 60.9 Å². The molecule has 1 N–H and O–H groups in total. The van der Waals surface area contributed by atoms with Gasteiger partial charge in [-0.25, -0.2) is 4.98 Å². The van der Waals surface area contributed by atoms with Crippen LogP contribution in [0, 0.1) is 13.8 Å². The zero-order chi connectivity index (χ0) is 24.0. The summed E-state index contributed by atoms with van der Waals surface area (Å²) in [6.07, 6.45) is 0. The van der Waals surface area contributed by atoms with Gasteiger partial charge in [0.25, 0.3) is 5.78 Å². The largest absolute Gasteiger partial charge is 0.507 e. The maximum absolute atomic E-state index is 13.3. The summed E-state index contributed by atoms with van der Waals surface area (Å²) in [4.78, 5) is 32.7. The van der Waals surface area contributed by atoms with Crippen LogP contribution in [-0.4, -0.2) is 28.9 Å². The summed E-state index contributed by atoms with van der Waals surface area (Å²) >= 11 is 1.35. The topological polar surface area (TPSA) is 79.7 Å². The Balaban J connectivity index is 1.71. The number of carbonyl (C=O) groups excluding carboxylic acids is 2. The number of nitrogens with zero attached hydrogens (tertiary/aromatic N) is 2. The fourth-order valence-electron chi connectivity index (χ4n) is 4.28. The molecule has 1 fully saturated rings. The van der Waals surface area contributed by atoms with Crippen molar-refractivity contribution in [3.8, 4) is 5.75 Å². The number of benzene rings is 3. The van der Waals surface area contributed by atoms with Gasteiger partial charge in [0.1, 0.15) is 11.5 Å². The Morgan fingerprint density at radius 2 is 1.79 bits per heavy atom. The molecular weight excluding hydrogens is 448 g/mol. The highest BCUT2D eigenvalue weighted by Crippen LogP contribution is 2.44. The highest BCUT2D eigenvalue weighted by atomic mass is 32.1. The van der Waals surface area contributed by atoms with E-state index in [0.717, 1.165) is 21.3 Å². The third kappa shape index (κ3) is 3.54. The van der Waals surface area contributed by atoms with Crippen LogP contribution < -0.4 is 9.64 Å². The van der Waals surface area contributed by atoms with Crippen molar-refractivity contribution in [1.29, 1.82) is 0 Å². The van der Waals surface area contributed by atoms with Crippen LogP contribution in [0.25, 0.3) is 16.0 Å². The summed E-state index contributed by atoms with van der Waals surface area (Å²) in [5, 5.41) is 11.7. The number of aromatic nitrogens is 1. The van der Waals surface area contributed by atoms with Crippen molar-refractivity contribution in [3.05, 3.63) is 94.6 Å². The van der Waals surface area contributed by atoms with Crippen molar-refractivity contribution in [3.63, 3.8) is 0 Å². The normalized spacial score (nSPS) is 17.5. The number of Topliss-reactive ketones (excluding diaryl/α,β-unsaturated/α-hetero) is 1. The first-order valence-corrected chi connectivity index (χ1v) is 11.6. The summed E-state index contributed by atoms with van der Waals surface area (Å²) in [5.74, 6) is -1.01. The molecule has 1 aliphatic heterocycles. The summed E-state index contributed by atoms with van der Waals surface area (Å²) in [5.41, 5.74) is 3.83. The molecule has 1 saturated heterocycles. The number of hydrogen-bond acceptors (Lipinski definition) is 6. The van der Waals surface area contributed by atoms with E-state index < -0.39 is 17.7 Å². The summed E-state index contributed by atoms with van der Waals surface area (Å²) in [6.45, 7) is 3.85. The molecule has 2 heterocycles. The first-order valence-electron chi connectivity index (χ1n) is 10.8. The maximum Gasteiger partial charge on any atom is 0.301 e. The van der Waals surface area contributed by atoms with Crippen molar-refractivity contribution in [2.75, 3.05) is 12.0 Å². The van der Waals surface area contributed by atoms with Gasteiger partial charge in [-0.1, -0.05) is 47.7 Å². The highest BCUT2D eigenvalue weighted by Gasteiger charge is 2.48. The fourth-order valence-corrected chi connectivity index (χ4v) is 5.37. The van der Waals surface area contributed by atoms with E-state index in [9.17, 15) is 14.7 Å². The standard InChI is InChI=1S/C27H22N2O4S/c1-15-9-11-19-21(13-15)34-27(28-19)29-23(17-7-5-4-6-8-17)22(25(31)26(29)32)24(30)18-10-12-20(33-3)16(2)14-18/h4-14,23,30H,1-3H3. The van der Waals surface area contributed by atoms with E-state index in [1.165, 1.54) is 16.2 Å². The average molecular weight is 471 g/mol. The molecule has 3 aromatic carbocycles. The summed E-state index contributed by atoms with van der Waals surface area (Å²) in [6, 6.07) is 19.4. The number of methoxy groups -OCH3 is 1. The smallest absolute Gasteiger partial charge is 0.301 e. The first-order chi connectivity index (χ1) is 16.4. The molecule has 0 spiro atoms. The Hall–Kier alpha value is -3.97. The van der Waals surface area contributed by atoms with E-state index in [2.05, 4.69) is 4.98 Å². The number of carbonyl (C=O) groups is 2. The second-order valence-corrected chi connectivity index (χ2v) is 9.24. The van der Waals surface area contributed by atoms with E-state index in [1.54, 1.807) is 25.3 Å². The lowest BCUT2D eigenvalue weighted by Crippen LogP contribution is -2.29. The molecule has 34 heavy (non-hydrogen) atoms. The lowest BCUT2D eigenvalue weighted by atomic mass is 9.95. The van der Waals surface area contributed by atoms with Crippen LogP contribution in [0.5, 0.6) is 5.75 Å². The number of fused-ring (bicyclic) bond motifs is 1. The third-order valence-electron chi connectivity index (χ3n) is 5.97. The molecule has 0 radical (unpaired) electrons. The number of amides is 1. The van der Waals surface area contributed by atoms with Gasteiger partial charge in [-0.2, -0.15) is 0 Å². The minimum Gasteiger partial charge on any atom is -0.507 e. The van der Waals surface area contributed by atoms with E-state index in [4.69, 9.17) is 4.74 Å². The van der Waals surface area contributed by atoms with Gasteiger partial charge in [-0.3, -0.25) is 14.5 Å². The van der Waals surface area contributed by atoms with Crippen molar-refractivity contribution in [1.82, 2.24) is 4.98 Å². The SMILES string of the molecule is COc1ccc(C(O)=C2C(=O)C(=O)N(c3nc4ccc(C)cc4s3)C2c2ccccc2)cc1C. The number of anilines is 1. The van der Waals surface area contributed by atoms with Crippen LogP contribution in [0.15, 0.2) is 72.3 Å². The molecule has 1 amide bonds.